The van der Waals surface area contributed by atoms with Gasteiger partial charge in [-0.1, -0.05) is 88.8 Å². The molecule has 0 radical (unpaired) electrons. The molecule has 0 rings (SSSR count). The lowest BCUT2D eigenvalue weighted by molar-refractivity contribution is 0.153. The highest BCUT2D eigenvalue weighted by molar-refractivity contribution is 5.20. The van der Waals surface area contributed by atoms with Crippen molar-refractivity contribution in [1.82, 2.24) is 0 Å². The summed E-state index contributed by atoms with van der Waals surface area (Å²) >= 11 is 0. The first kappa shape index (κ1) is 24.7. The predicted octanol–water partition coefficient (Wildman–Crippen LogP) is 7.56. The maximum Gasteiger partial charge on any atom is 0.0577 e. The van der Waals surface area contributed by atoms with Crippen LogP contribution in [0, 0.1) is 11.3 Å². The molecule has 0 aromatic heterocycles. The van der Waals surface area contributed by atoms with E-state index in [0.29, 0.717) is 5.41 Å². The predicted molar refractivity (Wildman–Crippen MR) is 118 cm³/mol. The third-order valence-corrected chi connectivity index (χ3v) is 5.70. The molecule has 0 spiro atoms. The van der Waals surface area contributed by atoms with Gasteiger partial charge < -0.3 is 5.11 Å². The highest BCUT2D eigenvalue weighted by atomic mass is 16.3. The van der Waals surface area contributed by atoms with E-state index < -0.39 is 0 Å². The lowest BCUT2D eigenvalue weighted by Gasteiger charge is -2.28. The molecule has 2 unspecified atom stereocenters. The minimum absolute atomic E-state index is 0.158. The third kappa shape index (κ3) is 10.6. The molecule has 1 heteroatoms. The molecule has 148 valence electrons. The third-order valence-electron chi connectivity index (χ3n) is 5.70. The first-order valence-corrected chi connectivity index (χ1v) is 10.2. The Balaban J connectivity index is 4.43. The Hall–Kier alpha value is -1.34. The minimum atomic E-state index is -0.325. The van der Waals surface area contributed by atoms with E-state index in [1.54, 1.807) is 0 Å². The van der Waals surface area contributed by atoms with Gasteiger partial charge in [0.05, 0.1) is 6.10 Å². The van der Waals surface area contributed by atoms with Crippen LogP contribution in [-0.2, 0) is 0 Å². The molecule has 0 amide bonds. The topological polar surface area (TPSA) is 20.2 Å². The molecule has 0 aromatic rings. The van der Waals surface area contributed by atoms with Crippen LogP contribution in [0.4, 0.5) is 0 Å². The van der Waals surface area contributed by atoms with Crippen molar-refractivity contribution >= 4 is 0 Å². The Kier molecular flexibility index (Phi) is 13.1. The zero-order chi connectivity index (χ0) is 20.0. The number of aliphatic hydroxyl groups is 1. The van der Waals surface area contributed by atoms with E-state index >= 15 is 0 Å². The van der Waals surface area contributed by atoms with Crippen LogP contribution in [0.3, 0.4) is 0 Å². The molecule has 26 heavy (non-hydrogen) atoms. The van der Waals surface area contributed by atoms with Gasteiger partial charge in [-0.15, -0.1) is 0 Å². The lowest BCUT2D eigenvalue weighted by atomic mass is 9.77. The van der Waals surface area contributed by atoms with Gasteiger partial charge in [0.15, 0.2) is 0 Å². The van der Waals surface area contributed by atoms with Crippen LogP contribution in [0.25, 0.3) is 0 Å². The highest BCUT2D eigenvalue weighted by Crippen LogP contribution is 2.34. The maximum absolute atomic E-state index is 9.78. The van der Waals surface area contributed by atoms with Crippen molar-refractivity contribution in [2.45, 2.75) is 85.7 Å². The summed E-state index contributed by atoms with van der Waals surface area (Å²) in [6, 6.07) is 0. The van der Waals surface area contributed by atoms with E-state index in [0.717, 1.165) is 6.42 Å². The van der Waals surface area contributed by atoms with E-state index in [9.17, 15) is 5.11 Å². The summed E-state index contributed by atoms with van der Waals surface area (Å²) < 4.78 is 0. The van der Waals surface area contributed by atoms with Crippen molar-refractivity contribution in [3.8, 4) is 0 Å². The Morgan fingerprint density at radius 3 is 2.35 bits per heavy atom. The van der Waals surface area contributed by atoms with E-state index in [1.165, 1.54) is 49.7 Å². The van der Waals surface area contributed by atoms with Crippen LogP contribution >= 0.6 is 0 Å². The van der Waals surface area contributed by atoms with Crippen LogP contribution in [-0.4, -0.2) is 11.2 Å². The van der Waals surface area contributed by atoms with Crippen LogP contribution in [0.2, 0.25) is 0 Å². The quantitative estimate of drug-likeness (QED) is 0.251. The van der Waals surface area contributed by atoms with Gasteiger partial charge >= 0.3 is 0 Å². The van der Waals surface area contributed by atoms with Crippen molar-refractivity contribution in [3.63, 3.8) is 0 Å². The van der Waals surface area contributed by atoms with Gasteiger partial charge in [0, 0.05) is 5.92 Å². The van der Waals surface area contributed by atoms with E-state index in [4.69, 9.17) is 0 Å². The van der Waals surface area contributed by atoms with E-state index in [2.05, 4.69) is 59.1 Å². The molecule has 0 aliphatic rings. The summed E-state index contributed by atoms with van der Waals surface area (Å²) in [5.41, 5.74) is 3.01. The van der Waals surface area contributed by atoms with Gasteiger partial charge in [-0.2, -0.15) is 0 Å². The molecular weight excluding hydrogens is 316 g/mol. The summed E-state index contributed by atoms with van der Waals surface area (Å²) in [6.07, 6.45) is 20.4. The number of hydrogen-bond donors (Lipinski definition) is 1. The van der Waals surface area contributed by atoms with Gasteiger partial charge in [0.25, 0.3) is 0 Å². The van der Waals surface area contributed by atoms with Gasteiger partial charge in [0.1, 0.15) is 0 Å². The summed E-state index contributed by atoms with van der Waals surface area (Å²) in [6.45, 7) is 18.4. The average molecular weight is 359 g/mol. The molecule has 0 bridgehead atoms. The second-order valence-corrected chi connectivity index (χ2v) is 7.98. The number of hydrogen-bond acceptors (Lipinski definition) is 1. The fraction of sp³-hybridized carbons (Fsp3) is 0.600. The maximum atomic E-state index is 9.78. The van der Waals surface area contributed by atoms with Crippen LogP contribution in [0.5, 0.6) is 0 Å². The Morgan fingerprint density at radius 1 is 1.12 bits per heavy atom. The Bertz CT molecular complexity index is 492. The molecule has 0 saturated carbocycles. The fourth-order valence-corrected chi connectivity index (χ4v) is 3.14. The molecule has 0 aromatic carbocycles. The average Bonchev–Trinajstić information content (AvgIpc) is 2.62. The smallest absolute Gasteiger partial charge is 0.0577 e. The van der Waals surface area contributed by atoms with E-state index in [1.807, 2.05) is 25.2 Å². The monoisotopic (exact) mass is 358 g/mol. The van der Waals surface area contributed by atoms with E-state index in [-0.39, 0.29) is 12.0 Å². The second-order valence-electron chi connectivity index (χ2n) is 7.98. The van der Waals surface area contributed by atoms with Crippen LogP contribution in [0.15, 0.2) is 60.8 Å². The van der Waals surface area contributed by atoms with Crippen molar-refractivity contribution in [2.24, 2.45) is 11.3 Å². The summed E-state index contributed by atoms with van der Waals surface area (Å²) in [5.74, 6) is 0.158. The van der Waals surface area contributed by atoms with Gasteiger partial charge in [0.2, 0.25) is 0 Å². The summed E-state index contributed by atoms with van der Waals surface area (Å²) in [4.78, 5) is 0. The van der Waals surface area contributed by atoms with Gasteiger partial charge in [-0.3, -0.25) is 0 Å². The number of unbranched alkanes of at least 4 members (excludes halogenated alkanes) is 1. The van der Waals surface area contributed by atoms with Crippen LogP contribution in [0.1, 0.15) is 79.6 Å². The van der Waals surface area contributed by atoms with Crippen molar-refractivity contribution in [2.75, 3.05) is 0 Å². The normalized spacial score (nSPS) is 17.8. The first-order chi connectivity index (χ1) is 12.3. The molecule has 0 aliphatic heterocycles. The summed E-state index contributed by atoms with van der Waals surface area (Å²) in [7, 11) is 0. The molecule has 1 N–H and O–H groups in total. The molecule has 1 nitrogen and oxygen atoms in total. The number of allylic oxidation sites excluding steroid dienone is 7. The van der Waals surface area contributed by atoms with Crippen molar-refractivity contribution in [3.05, 3.63) is 60.8 Å². The second kappa shape index (κ2) is 13.8. The Labute approximate surface area is 163 Å². The fourth-order valence-electron chi connectivity index (χ4n) is 3.14. The minimum Gasteiger partial charge on any atom is -0.393 e. The van der Waals surface area contributed by atoms with Gasteiger partial charge in [-0.25, -0.2) is 0 Å². The molecule has 0 aliphatic carbocycles. The highest BCUT2D eigenvalue weighted by Gasteiger charge is 2.21. The van der Waals surface area contributed by atoms with Crippen LogP contribution < -0.4 is 0 Å². The molecular formula is C25H42O. The van der Waals surface area contributed by atoms with Gasteiger partial charge in [-0.05, 0) is 56.9 Å². The standard InChI is InChI=1S/C25H42O/c1-8-11-12-16-21(4)17-13-14-19-25(7,10-3)20-15-18-24(9-2)22(5)23(6)26/h8-9,11-12,16,18,22-23,26H,1-2,10,13-15,17,19-20H2,3-7H3/b12-11-,21-16+,24-18+/t22?,23?,25-/m1/s1. The zero-order valence-corrected chi connectivity index (χ0v) is 17.9. The summed E-state index contributed by atoms with van der Waals surface area (Å²) in [5, 5.41) is 9.78. The Morgan fingerprint density at radius 2 is 1.81 bits per heavy atom. The lowest BCUT2D eigenvalue weighted by Crippen LogP contribution is -2.16. The zero-order valence-electron chi connectivity index (χ0n) is 17.9. The van der Waals surface area contributed by atoms with Crippen molar-refractivity contribution in [1.29, 1.82) is 0 Å². The molecule has 0 heterocycles. The molecule has 3 atom stereocenters. The molecule has 0 saturated heterocycles. The number of aliphatic hydroxyl groups excluding tert-OH is 1. The number of rotatable bonds is 14. The largest absolute Gasteiger partial charge is 0.393 e. The first-order valence-electron chi connectivity index (χ1n) is 10.2. The SMILES string of the molecule is C=C/C=C\C=C(/C)CCCC[C@@](C)(CC)CC/C=C(\C=C)C(C)C(C)O. The molecule has 0 fully saturated rings. The van der Waals surface area contributed by atoms with Crippen molar-refractivity contribution < 1.29 is 5.11 Å².